The lowest BCUT2D eigenvalue weighted by Gasteiger charge is -2.21. The lowest BCUT2D eigenvalue weighted by Crippen LogP contribution is -2.11. The van der Waals surface area contributed by atoms with Gasteiger partial charge in [0.1, 0.15) is 5.56 Å². The van der Waals surface area contributed by atoms with E-state index < -0.39 is 11.7 Å². The zero-order chi connectivity index (χ0) is 24.5. The van der Waals surface area contributed by atoms with Crippen LogP contribution >= 0.6 is 0 Å². The van der Waals surface area contributed by atoms with E-state index in [0.717, 1.165) is 37.7 Å². The number of carbonyl (C=O) groups is 1. The number of carboxylic acids is 1. The van der Waals surface area contributed by atoms with Crippen molar-refractivity contribution >= 4 is 5.97 Å². The van der Waals surface area contributed by atoms with Crippen molar-refractivity contribution in [1.29, 1.82) is 0 Å². The Morgan fingerprint density at radius 1 is 0.697 bits per heavy atom. The van der Waals surface area contributed by atoms with Crippen molar-refractivity contribution in [3.8, 4) is 17.2 Å². The molecule has 0 bridgehead atoms. The van der Waals surface area contributed by atoms with Crippen molar-refractivity contribution in [3.63, 3.8) is 0 Å². The molecule has 6 heteroatoms. The summed E-state index contributed by atoms with van der Waals surface area (Å²) in [7, 11) is 2.84. The zero-order valence-corrected chi connectivity index (χ0v) is 21.3. The molecule has 0 spiro atoms. The average molecular weight is 467 g/mol. The lowest BCUT2D eigenvalue weighted by atomic mass is 9.90. The first kappa shape index (κ1) is 29.1. The van der Waals surface area contributed by atoms with Crippen LogP contribution in [0.2, 0.25) is 0 Å². The second-order valence-corrected chi connectivity index (χ2v) is 8.84. The number of hydrogen-bond acceptors (Lipinski definition) is 5. The highest BCUT2D eigenvalue weighted by Crippen LogP contribution is 2.46. The Hall–Kier alpha value is -1.95. The highest BCUT2D eigenvalue weighted by molar-refractivity contribution is 5.95. The fourth-order valence-corrected chi connectivity index (χ4v) is 4.45. The minimum atomic E-state index is -1.16. The maximum Gasteiger partial charge on any atom is 0.339 e. The van der Waals surface area contributed by atoms with Crippen molar-refractivity contribution in [2.45, 2.75) is 117 Å². The molecule has 0 radical (unpaired) electrons. The molecule has 0 saturated heterocycles. The van der Waals surface area contributed by atoms with Crippen LogP contribution in [-0.2, 0) is 17.7 Å². The Balaban J connectivity index is 3.06. The van der Waals surface area contributed by atoms with Crippen LogP contribution in [-0.4, -0.2) is 30.4 Å². The summed E-state index contributed by atoms with van der Waals surface area (Å²) in [5, 5.41) is 20.7. The molecule has 0 saturated carbocycles. The molecule has 0 unspecified atom stereocenters. The molecular formula is C27H46O6. The molecule has 6 nitrogen and oxygen atoms in total. The van der Waals surface area contributed by atoms with Crippen molar-refractivity contribution in [2.24, 2.45) is 0 Å². The van der Waals surface area contributed by atoms with Crippen LogP contribution in [0.25, 0.3) is 0 Å². The second-order valence-electron chi connectivity index (χ2n) is 8.84. The number of phenols is 1. The number of unbranched alkanes of at least 4 members (excludes halogenated alkanes) is 12. The summed E-state index contributed by atoms with van der Waals surface area (Å²) >= 11 is 0. The fraction of sp³-hybridized carbons (Fsp3) is 0.741. The van der Waals surface area contributed by atoms with E-state index in [2.05, 4.69) is 13.8 Å². The van der Waals surface area contributed by atoms with Gasteiger partial charge < -0.3 is 19.8 Å². The molecule has 0 amide bonds. The monoisotopic (exact) mass is 466 g/mol. The molecule has 1 aromatic rings. The summed E-state index contributed by atoms with van der Waals surface area (Å²) in [4.78, 5) is 22.1. The predicted octanol–water partition coefficient (Wildman–Crippen LogP) is 7.63. The standard InChI is InChI=1S/C27H46O6/c1-5-7-9-11-13-15-17-19-21-22(20-18-16-14-12-10-8-6-2)25(31-3)26(33-32-4)24(28)23(21)27(29)30/h28H,5-20H2,1-4H3,(H,29,30). The summed E-state index contributed by atoms with van der Waals surface area (Å²) in [6.07, 6.45) is 17.4. The number of rotatable bonds is 20. The third kappa shape index (κ3) is 9.83. The van der Waals surface area contributed by atoms with Gasteiger partial charge >= 0.3 is 5.97 Å². The van der Waals surface area contributed by atoms with Crippen LogP contribution in [0, 0.1) is 0 Å². The maximum absolute atomic E-state index is 12.1. The number of aromatic hydroxyl groups is 1. The van der Waals surface area contributed by atoms with Crippen molar-refractivity contribution in [2.75, 3.05) is 14.2 Å². The van der Waals surface area contributed by atoms with Gasteiger partial charge in [-0.25, -0.2) is 4.79 Å². The van der Waals surface area contributed by atoms with Gasteiger partial charge in [0.05, 0.1) is 14.2 Å². The first-order chi connectivity index (χ1) is 16.0. The fourth-order valence-electron chi connectivity index (χ4n) is 4.45. The van der Waals surface area contributed by atoms with E-state index in [0.29, 0.717) is 24.2 Å². The third-order valence-corrected chi connectivity index (χ3v) is 6.24. The first-order valence-corrected chi connectivity index (χ1v) is 12.9. The van der Waals surface area contributed by atoms with E-state index in [-0.39, 0.29) is 11.3 Å². The van der Waals surface area contributed by atoms with Crippen molar-refractivity contribution in [1.82, 2.24) is 0 Å². The van der Waals surface area contributed by atoms with Crippen LogP contribution in [0.4, 0.5) is 0 Å². The van der Waals surface area contributed by atoms with Crippen molar-refractivity contribution in [3.05, 3.63) is 16.7 Å². The Bertz CT molecular complexity index is 686. The maximum atomic E-state index is 12.1. The highest BCUT2D eigenvalue weighted by atomic mass is 17.2. The number of benzene rings is 1. The summed E-state index contributed by atoms with van der Waals surface area (Å²) in [6.45, 7) is 4.42. The van der Waals surface area contributed by atoms with Crippen molar-refractivity contribution < 1.29 is 29.5 Å². The number of hydrogen-bond donors (Lipinski definition) is 2. The van der Waals surface area contributed by atoms with Gasteiger partial charge in [0, 0.05) is 5.56 Å². The largest absolute Gasteiger partial charge is 0.503 e. The van der Waals surface area contributed by atoms with E-state index in [1.165, 1.54) is 72.0 Å². The van der Waals surface area contributed by atoms with Gasteiger partial charge in [0.15, 0.2) is 11.5 Å². The minimum absolute atomic E-state index is 0.0568. The van der Waals surface area contributed by atoms with Crippen LogP contribution in [0.15, 0.2) is 0 Å². The topological polar surface area (TPSA) is 85.2 Å². The molecule has 0 aromatic heterocycles. The lowest BCUT2D eigenvalue weighted by molar-refractivity contribution is -0.180. The molecule has 0 aliphatic carbocycles. The third-order valence-electron chi connectivity index (χ3n) is 6.24. The highest BCUT2D eigenvalue weighted by Gasteiger charge is 2.29. The summed E-state index contributed by atoms with van der Waals surface area (Å²) in [5.41, 5.74) is 1.39. The molecular weight excluding hydrogens is 420 g/mol. The van der Waals surface area contributed by atoms with Gasteiger partial charge in [-0.2, -0.15) is 4.89 Å². The van der Waals surface area contributed by atoms with Gasteiger partial charge in [-0.05, 0) is 31.2 Å². The molecule has 1 aromatic carbocycles. The van der Waals surface area contributed by atoms with Crippen LogP contribution in [0.1, 0.15) is 125 Å². The van der Waals surface area contributed by atoms with Crippen LogP contribution in [0.5, 0.6) is 17.2 Å². The Labute approximate surface area is 200 Å². The Kier molecular flexibility index (Phi) is 15.4. The molecule has 0 aliphatic heterocycles. The smallest absolute Gasteiger partial charge is 0.339 e. The number of aromatic carboxylic acids is 1. The number of ether oxygens (including phenoxy) is 1. The van der Waals surface area contributed by atoms with E-state index in [1.54, 1.807) is 0 Å². The number of carboxylic acid groups (broad SMARTS) is 1. The molecule has 33 heavy (non-hydrogen) atoms. The van der Waals surface area contributed by atoms with Gasteiger partial charge in [0.2, 0.25) is 5.75 Å². The molecule has 0 atom stereocenters. The summed E-state index contributed by atoms with van der Waals surface area (Å²) in [5.74, 6) is -1.26. The number of methoxy groups -OCH3 is 1. The predicted molar refractivity (Wildman–Crippen MR) is 133 cm³/mol. The molecule has 0 aliphatic rings. The van der Waals surface area contributed by atoms with E-state index in [9.17, 15) is 15.0 Å². The summed E-state index contributed by atoms with van der Waals surface area (Å²) < 4.78 is 5.61. The first-order valence-electron chi connectivity index (χ1n) is 12.9. The molecule has 0 heterocycles. The molecule has 190 valence electrons. The van der Waals surface area contributed by atoms with Gasteiger partial charge in [-0.3, -0.25) is 0 Å². The van der Waals surface area contributed by atoms with E-state index in [1.807, 2.05) is 0 Å². The zero-order valence-electron chi connectivity index (χ0n) is 21.3. The molecule has 1 rings (SSSR count). The molecule has 0 fully saturated rings. The second kappa shape index (κ2) is 17.5. The van der Waals surface area contributed by atoms with Gasteiger partial charge in [-0.1, -0.05) is 90.9 Å². The Morgan fingerprint density at radius 2 is 1.15 bits per heavy atom. The van der Waals surface area contributed by atoms with Crippen LogP contribution < -0.4 is 9.62 Å². The van der Waals surface area contributed by atoms with Gasteiger partial charge in [-0.15, -0.1) is 0 Å². The minimum Gasteiger partial charge on any atom is -0.503 e. The summed E-state index contributed by atoms with van der Waals surface area (Å²) in [6, 6.07) is 0. The SMILES string of the molecule is CCCCCCCCCc1c(CCCCCCCCC)c(C(=O)O)c(O)c(OOC)c1OC. The van der Waals surface area contributed by atoms with E-state index in [4.69, 9.17) is 14.5 Å². The van der Waals surface area contributed by atoms with Gasteiger partial charge in [0.25, 0.3) is 0 Å². The van der Waals surface area contributed by atoms with E-state index >= 15 is 0 Å². The quantitative estimate of drug-likeness (QED) is 0.117. The Morgan fingerprint density at radius 3 is 1.58 bits per heavy atom. The van der Waals surface area contributed by atoms with Crippen LogP contribution in [0.3, 0.4) is 0 Å². The molecule has 2 N–H and O–H groups in total. The average Bonchev–Trinajstić information content (AvgIpc) is 2.79. The normalized spacial score (nSPS) is 11.0.